The van der Waals surface area contributed by atoms with Gasteiger partial charge < -0.3 is 14.6 Å². The van der Waals surface area contributed by atoms with Crippen LogP contribution in [-0.2, 0) is 21.2 Å². The van der Waals surface area contributed by atoms with E-state index in [0.717, 1.165) is 9.87 Å². The number of sulfonamides is 1. The van der Waals surface area contributed by atoms with Gasteiger partial charge in [0.2, 0.25) is 15.9 Å². The third-order valence-corrected chi connectivity index (χ3v) is 6.99. The van der Waals surface area contributed by atoms with Crippen molar-refractivity contribution in [2.24, 2.45) is 0 Å². The van der Waals surface area contributed by atoms with Crippen LogP contribution in [0.2, 0.25) is 0 Å². The second-order valence-electron chi connectivity index (χ2n) is 7.14. The van der Waals surface area contributed by atoms with Crippen LogP contribution in [0, 0.1) is 0 Å². The van der Waals surface area contributed by atoms with Crippen LogP contribution in [-0.4, -0.2) is 41.9 Å². The van der Waals surface area contributed by atoms with Crippen molar-refractivity contribution in [1.29, 1.82) is 0 Å². The van der Waals surface area contributed by atoms with Gasteiger partial charge in [-0.15, -0.1) is 0 Å². The molecular weight excluding hydrogens is 432 g/mol. The molecule has 1 unspecified atom stereocenters. The molecule has 1 aromatic heterocycles. The number of pyridine rings is 1. The summed E-state index contributed by atoms with van der Waals surface area (Å²) >= 11 is 0. The third-order valence-electron chi connectivity index (χ3n) is 5.15. The molecule has 0 fully saturated rings. The van der Waals surface area contributed by atoms with E-state index in [2.05, 4.69) is 4.98 Å². The molecule has 0 saturated carbocycles. The fourth-order valence-corrected chi connectivity index (χ4v) is 5.17. The lowest BCUT2D eigenvalue weighted by atomic mass is 9.94. The largest absolute Gasteiger partial charge is 0.494 e. The Balaban J connectivity index is 1.56. The zero-order valence-corrected chi connectivity index (χ0v) is 18.2. The van der Waals surface area contributed by atoms with E-state index in [1.807, 2.05) is 19.1 Å². The van der Waals surface area contributed by atoms with Crippen LogP contribution in [0.1, 0.15) is 24.1 Å². The number of benzene rings is 2. The SMILES string of the molecule is CCOc1ccc(Oc2ccc(S(=O)(=O)N3CCc4ccccc4C3C(=O)O)cn2)cc1. The van der Waals surface area contributed by atoms with Gasteiger partial charge in [-0.3, -0.25) is 4.79 Å². The Labute approximate surface area is 186 Å². The van der Waals surface area contributed by atoms with Gasteiger partial charge in [-0.05, 0) is 54.8 Å². The fraction of sp³-hybridized carbons (Fsp3) is 0.217. The normalized spacial score (nSPS) is 16.2. The van der Waals surface area contributed by atoms with Crippen molar-refractivity contribution >= 4 is 16.0 Å². The molecule has 1 aliphatic rings. The fourth-order valence-electron chi connectivity index (χ4n) is 3.67. The van der Waals surface area contributed by atoms with Gasteiger partial charge >= 0.3 is 5.97 Å². The molecule has 4 rings (SSSR count). The van der Waals surface area contributed by atoms with Crippen LogP contribution in [0.3, 0.4) is 0 Å². The number of aliphatic carboxylic acids is 1. The quantitative estimate of drug-likeness (QED) is 0.581. The lowest BCUT2D eigenvalue weighted by molar-refractivity contribution is -0.142. The summed E-state index contributed by atoms with van der Waals surface area (Å²) in [4.78, 5) is 16.0. The first-order chi connectivity index (χ1) is 15.4. The summed E-state index contributed by atoms with van der Waals surface area (Å²) in [5.74, 6) is 0.233. The summed E-state index contributed by atoms with van der Waals surface area (Å²) < 4.78 is 38.6. The van der Waals surface area contributed by atoms with Crippen molar-refractivity contribution in [2.45, 2.75) is 24.3 Å². The zero-order valence-electron chi connectivity index (χ0n) is 17.3. The predicted octanol–water partition coefficient (Wildman–Crippen LogP) is 3.65. The van der Waals surface area contributed by atoms with Gasteiger partial charge in [-0.1, -0.05) is 24.3 Å². The highest BCUT2D eigenvalue weighted by Gasteiger charge is 2.40. The number of fused-ring (bicyclic) bond motifs is 1. The smallest absolute Gasteiger partial charge is 0.326 e. The molecule has 1 N–H and O–H groups in total. The van der Waals surface area contributed by atoms with E-state index >= 15 is 0 Å². The molecule has 8 nitrogen and oxygen atoms in total. The molecule has 0 saturated heterocycles. The van der Waals surface area contributed by atoms with Crippen molar-refractivity contribution in [3.05, 3.63) is 78.0 Å². The Morgan fingerprint density at radius 2 is 1.81 bits per heavy atom. The predicted molar refractivity (Wildman–Crippen MR) is 116 cm³/mol. The minimum atomic E-state index is -4.08. The topological polar surface area (TPSA) is 106 Å². The highest BCUT2D eigenvalue weighted by Crippen LogP contribution is 2.34. The second-order valence-corrected chi connectivity index (χ2v) is 9.03. The highest BCUT2D eigenvalue weighted by atomic mass is 32.2. The average molecular weight is 455 g/mol. The number of carboxylic acids is 1. The van der Waals surface area contributed by atoms with Crippen LogP contribution in [0.5, 0.6) is 17.4 Å². The number of hydrogen-bond acceptors (Lipinski definition) is 6. The summed E-state index contributed by atoms with van der Waals surface area (Å²) in [6.07, 6.45) is 1.62. The molecule has 32 heavy (non-hydrogen) atoms. The molecule has 0 aliphatic carbocycles. The van der Waals surface area contributed by atoms with E-state index in [0.29, 0.717) is 30.1 Å². The maximum Gasteiger partial charge on any atom is 0.326 e. The zero-order chi connectivity index (χ0) is 22.7. The van der Waals surface area contributed by atoms with E-state index in [1.165, 1.54) is 18.3 Å². The van der Waals surface area contributed by atoms with Crippen molar-refractivity contribution in [3.8, 4) is 17.4 Å². The van der Waals surface area contributed by atoms with E-state index < -0.39 is 22.0 Å². The molecule has 1 aliphatic heterocycles. The van der Waals surface area contributed by atoms with E-state index in [4.69, 9.17) is 9.47 Å². The Kier molecular flexibility index (Phi) is 6.11. The first kappa shape index (κ1) is 21.8. The van der Waals surface area contributed by atoms with Gasteiger partial charge in [-0.25, -0.2) is 13.4 Å². The lowest BCUT2D eigenvalue weighted by Crippen LogP contribution is -2.43. The van der Waals surface area contributed by atoms with Gasteiger partial charge in [0.05, 0.1) is 12.8 Å². The molecule has 0 amide bonds. The minimum Gasteiger partial charge on any atom is -0.494 e. The number of carboxylic acid groups (broad SMARTS) is 1. The van der Waals surface area contributed by atoms with Gasteiger partial charge in [0.15, 0.2) is 0 Å². The van der Waals surface area contributed by atoms with E-state index in [-0.39, 0.29) is 17.3 Å². The molecule has 2 heterocycles. The summed E-state index contributed by atoms with van der Waals surface area (Å²) in [5.41, 5.74) is 1.32. The molecule has 3 aromatic rings. The van der Waals surface area contributed by atoms with Gasteiger partial charge in [-0.2, -0.15) is 4.31 Å². The summed E-state index contributed by atoms with van der Waals surface area (Å²) in [6.45, 7) is 2.52. The monoisotopic (exact) mass is 454 g/mol. The molecule has 0 radical (unpaired) electrons. The van der Waals surface area contributed by atoms with Crippen molar-refractivity contribution < 1.29 is 27.8 Å². The van der Waals surface area contributed by atoms with Crippen molar-refractivity contribution in [1.82, 2.24) is 9.29 Å². The van der Waals surface area contributed by atoms with Gasteiger partial charge in [0.25, 0.3) is 0 Å². The Bertz CT molecular complexity index is 1210. The highest BCUT2D eigenvalue weighted by molar-refractivity contribution is 7.89. The van der Waals surface area contributed by atoms with Crippen molar-refractivity contribution in [3.63, 3.8) is 0 Å². The van der Waals surface area contributed by atoms with Crippen LogP contribution < -0.4 is 9.47 Å². The number of rotatable bonds is 7. The number of ether oxygens (including phenoxy) is 2. The maximum absolute atomic E-state index is 13.2. The average Bonchev–Trinajstić information content (AvgIpc) is 2.80. The molecule has 0 spiro atoms. The summed E-state index contributed by atoms with van der Waals surface area (Å²) in [6, 6.07) is 15.5. The Hall–Kier alpha value is -3.43. The van der Waals surface area contributed by atoms with Crippen LogP contribution in [0.25, 0.3) is 0 Å². The summed E-state index contributed by atoms with van der Waals surface area (Å²) in [5, 5.41) is 9.78. The first-order valence-electron chi connectivity index (χ1n) is 10.1. The minimum absolute atomic E-state index is 0.0702. The number of aromatic nitrogens is 1. The number of hydrogen-bond donors (Lipinski definition) is 1. The standard InChI is InChI=1S/C23H22N2O6S/c1-2-30-17-7-9-18(10-8-17)31-21-12-11-19(15-24-21)32(28,29)25-14-13-16-5-3-4-6-20(16)22(25)23(26)27/h3-12,15,22H,2,13-14H2,1H3,(H,26,27). The molecule has 9 heteroatoms. The van der Waals surface area contributed by atoms with Crippen LogP contribution in [0.15, 0.2) is 71.8 Å². The number of nitrogens with zero attached hydrogens (tertiary/aromatic N) is 2. The molecular formula is C23H22N2O6S. The lowest BCUT2D eigenvalue weighted by Gasteiger charge is -2.33. The first-order valence-corrected chi connectivity index (χ1v) is 11.5. The Morgan fingerprint density at radius 3 is 2.47 bits per heavy atom. The third kappa shape index (κ3) is 4.30. The van der Waals surface area contributed by atoms with E-state index in [1.54, 1.807) is 36.4 Å². The molecule has 2 aromatic carbocycles. The van der Waals surface area contributed by atoms with Gasteiger partial charge in [0, 0.05) is 12.6 Å². The maximum atomic E-state index is 13.2. The summed E-state index contributed by atoms with van der Waals surface area (Å²) in [7, 11) is -4.08. The number of carbonyl (C=O) groups is 1. The van der Waals surface area contributed by atoms with Gasteiger partial charge in [0.1, 0.15) is 22.4 Å². The van der Waals surface area contributed by atoms with Crippen LogP contribution in [0.4, 0.5) is 0 Å². The second kappa shape index (κ2) is 8.97. The molecule has 1 atom stereocenters. The van der Waals surface area contributed by atoms with E-state index in [9.17, 15) is 18.3 Å². The Morgan fingerprint density at radius 1 is 1.09 bits per heavy atom. The molecule has 166 valence electrons. The molecule has 0 bridgehead atoms. The van der Waals surface area contributed by atoms with Crippen LogP contribution >= 0.6 is 0 Å². The van der Waals surface area contributed by atoms with Crippen molar-refractivity contribution in [2.75, 3.05) is 13.2 Å².